The molecule has 1 fully saturated rings. The lowest BCUT2D eigenvalue weighted by Crippen LogP contribution is -2.41. The molecule has 0 aliphatic carbocycles. The molecule has 10 heteroatoms. The van der Waals surface area contributed by atoms with Gasteiger partial charge in [-0.05, 0) is 49.6 Å². The summed E-state index contributed by atoms with van der Waals surface area (Å²) in [5, 5.41) is 2.81. The first-order valence-electron chi connectivity index (χ1n) is 10.2. The molecule has 0 atom stereocenters. The second-order valence-electron chi connectivity index (χ2n) is 7.60. The van der Waals surface area contributed by atoms with Gasteiger partial charge in [0.15, 0.2) is 5.76 Å². The van der Waals surface area contributed by atoms with E-state index in [1.165, 1.54) is 18.4 Å². The fraction of sp³-hybridized carbons (Fsp3) is 0.381. The standard InChI is InChI=1S/C21H24N4O5S/c26-20(15-8-11-25(12-9-15)21(27)18-6-3-13-30-18)23-16-4-1-5-17(14-16)31(28,29)24-19-7-2-10-22-19/h1,3-6,13-15H,2,7-12H2,(H,22,24)(H,23,26). The van der Waals surface area contributed by atoms with E-state index in [2.05, 4.69) is 15.0 Å². The van der Waals surface area contributed by atoms with Crippen LogP contribution < -0.4 is 10.0 Å². The highest BCUT2D eigenvalue weighted by molar-refractivity contribution is 7.90. The lowest BCUT2D eigenvalue weighted by molar-refractivity contribution is -0.121. The van der Waals surface area contributed by atoms with Crippen molar-refractivity contribution in [2.75, 3.05) is 25.0 Å². The van der Waals surface area contributed by atoms with Crippen molar-refractivity contribution in [2.45, 2.75) is 30.6 Å². The largest absolute Gasteiger partial charge is 0.459 e. The van der Waals surface area contributed by atoms with Gasteiger partial charge in [0.2, 0.25) is 5.91 Å². The number of carbonyl (C=O) groups excluding carboxylic acids is 2. The number of nitrogens with zero attached hydrogens (tertiary/aromatic N) is 2. The maximum absolute atomic E-state index is 12.7. The first-order valence-corrected chi connectivity index (χ1v) is 11.7. The summed E-state index contributed by atoms with van der Waals surface area (Å²) in [7, 11) is -3.75. The van der Waals surface area contributed by atoms with Crippen LogP contribution in [-0.4, -0.2) is 50.6 Å². The van der Waals surface area contributed by atoms with Crippen molar-refractivity contribution < 1.29 is 22.4 Å². The lowest BCUT2D eigenvalue weighted by atomic mass is 9.95. The zero-order valence-electron chi connectivity index (χ0n) is 16.9. The Morgan fingerprint density at radius 1 is 1.13 bits per heavy atom. The molecule has 0 radical (unpaired) electrons. The van der Waals surface area contributed by atoms with Crippen molar-refractivity contribution in [2.24, 2.45) is 10.9 Å². The topological polar surface area (TPSA) is 121 Å². The average molecular weight is 445 g/mol. The number of hydrogen-bond donors (Lipinski definition) is 2. The van der Waals surface area contributed by atoms with Gasteiger partial charge in [-0.2, -0.15) is 0 Å². The van der Waals surface area contributed by atoms with Crippen molar-refractivity contribution in [3.8, 4) is 0 Å². The molecule has 164 valence electrons. The first-order chi connectivity index (χ1) is 14.9. The molecule has 1 aromatic carbocycles. The number of benzene rings is 1. The van der Waals surface area contributed by atoms with Gasteiger partial charge in [0, 0.05) is 37.7 Å². The number of anilines is 1. The van der Waals surface area contributed by atoms with Crippen molar-refractivity contribution in [1.82, 2.24) is 9.62 Å². The van der Waals surface area contributed by atoms with Gasteiger partial charge >= 0.3 is 0 Å². The fourth-order valence-corrected chi connectivity index (χ4v) is 4.86. The number of hydrogen-bond acceptors (Lipinski definition) is 6. The molecule has 2 aliphatic rings. The third-order valence-electron chi connectivity index (χ3n) is 5.42. The number of nitrogens with one attached hydrogen (secondary N) is 2. The third-order valence-corrected chi connectivity index (χ3v) is 6.80. The van der Waals surface area contributed by atoms with Crippen LogP contribution in [0.25, 0.3) is 0 Å². The number of piperidine rings is 1. The van der Waals surface area contributed by atoms with E-state index in [0.29, 0.717) is 50.4 Å². The Balaban J connectivity index is 1.35. The van der Waals surface area contributed by atoms with Gasteiger partial charge in [-0.25, -0.2) is 8.42 Å². The molecule has 4 rings (SSSR count). The van der Waals surface area contributed by atoms with E-state index >= 15 is 0 Å². The quantitative estimate of drug-likeness (QED) is 0.733. The Kier molecular flexibility index (Phi) is 6.08. The number of sulfonamides is 1. The molecule has 1 saturated heterocycles. The number of amides is 2. The highest BCUT2D eigenvalue weighted by Gasteiger charge is 2.29. The number of carbonyl (C=O) groups is 2. The van der Waals surface area contributed by atoms with Crippen LogP contribution in [-0.2, 0) is 14.8 Å². The molecule has 0 unspecified atom stereocenters. The molecule has 0 spiro atoms. The second kappa shape index (κ2) is 8.93. The number of likely N-dealkylation sites (tertiary alicyclic amines) is 1. The molecule has 31 heavy (non-hydrogen) atoms. The zero-order chi connectivity index (χ0) is 21.8. The molecule has 9 nitrogen and oxygen atoms in total. The number of rotatable bonds is 5. The van der Waals surface area contributed by atoms with Crippen LogP contribution in [0.1, 0.15) is 36.2 Å². The Morgan fingerprint density at radius 3 is 2.61 bits per heavy atom. The number of amidine groups is 1. The van der Waals surface area contributed by atoms with Gasteiger partial charge in [0.05, 0.1) is 11.2 Å². The van der Waals surface area contributed by atoms with E-state index in [0.717, 1.165) is 6.42 Å². The number of aliphatic imine (C=N–C) groups is 1. The van der Waals surface area contributed by atoms with Crippen LogP contribution in [0.3, 0.4) is 0 Å². The molecule has 2 N–H and O–H groups in total. The zero-order valence-corrected chi connectivity index (χ0v) is 17.7. The van der Waals surface area contributed by atoms with E-state index in [-0.39, 0.29) is 28.4 Å². The fourth-order valence-electron chi connectivity index (χ4n) is 3.72. The van der Waals surface area contributed by atoms with E-state index in [1.54, 1.807) is 29.2 Å². The van der Waals surface area contributed by atoms with E-state index < -0.39 is 10.0 Å². The predicted molar refractivity (Wildman–Crippen MR) is 114 cm³/mol. The Labute approximate surface area is 180 Å². The highest BCUT2D eigenvalue weighted by Crippen LogP contribution is 2.22. The van der Waals surface area contributed by atoms with E-state index in [9.17, 15) is 18.0 Å². The molecule has 2 aromatic rings. The van der Waals surface area contributed by atoms with Crippen LogP contribution in [0, 0.1) is 5.92 Å². The van der Waals surface area contributed by atoms with Gasteiger partial charge in [-0.1, -0.05) is 6.07 Å². The molecular formula is C21H24N4O5S. The summed E-state index contributed by atoms with van der Waals surface area (Å²) in [6, 6.07) is 9.44. The van der Waals surface area contributed by atoms with Crippen LogP contribution in [0.5, 0.6) is 0 Å². The summed E-state index contributed by atoms with van der Waals surface area (Å²) in [5.74, 6) is 0.129. The van der Waals surface area contributed by atoms with Crippen LogP contribution in [0.15, 0.2) is 57.0 Å². The van der Waals surface area contributed by atoms with Gasteiger partial charge in [0.1, 0.15) is 5.84 Å². The smallest absolute Gasteiger partial charge is 0.289 e. The van der Waals surface area contributed by atoms with Gasteiger partial charge < -0.3 is 14.6 Å². The first kappa shape index (κ1) is 21.1. The minimum atomic E-state index is -3.75. The minimum absolute atomic E-state index is 0.0683. The molecule has 2 aliphatic heterocycles. The third kappa shape index (κ3) is 4.96. The Morgan fingerprint density at radius 2 is 1.94 bits per heavy atom. The second-order valence-corrected chi connectivity index (χ2v) is 9.28. The van der Waals surface area contributed by atoms with Gasteiger partial charge in [-0.15, -0.1) is 0 Å². The molecule has 1 aromatic heterocycles. The number of furan rings is 1. The van der Waals surface area contributed by atoms with Crippen LogP contribution >= 0.6 is 0 Å². The molecule has 3 heterocycles. The van der Waals surface area contributed by atoms with Gasteiger partial charge in [-0.3, -0.25) is 19.3 Å². The van der Waals surface area contributed by atoms with Crippen molar-refractivity contribution in [3.63, 3.8) is 0 Å². The van der Waals surface area contributed by atoms with Crippen molar-refractivity contribution >= 4 is 33.4 Å². The maximum atomic E-state index is 12.7. The summed E-state index contributed by atoms with van der Waals surface area (Å²) < 4.78 is 32.8. The van der Waals surface area contributed by atoms with Gasteiger partial charge in [0.25, 0.3) is 15.9 Å². The van der Waals surface area contributed by atoms with E-state index in [4.69, 9.17) is 4.42 Å². The summed E-state index contributed by atoms with van der Waals surface area (Å²) in [5.41, 5.74) is 0.412. The monoisotopic (exact) mass is 444 g/mol. The molecule has 0 bridgehead atoms. The van der Waals surface area contributed by atoms with Crippen molar-refractivity contribution in [1.29, 1.82) is 0 Å². The predicted octanol–water partition coefficient (Wildman–Crippen LogP) is 2.24. The molecule has 2 amide bonds. The molecular weight excluding hydrogens is 420 g/mol. The summed E-state index contributed by atoms with van der Waals surface area (Å²) >= 11 is 0. The Bertz CT molecular complexity index is 1090. The summed E-state index contributed by atoms with van der Waals surface area (Å²) in [6.07, 6.45) is 3.95. The SMILES string of the molecule is O=C(Nc1cccc(S(=O)(=O)NC2=NCCC2)c1)C1CCN(C(=O)c2ccco2)CC1. The van der Waals surface area contributed by atoms with Crippen LogP contribution in [0.2, 0.25) is 0 Å². The minimum Gasteiger partial charge on any atom is -0.459 e. The van der Waals surface area contributed by atoms with Crippen molar-refractivity contribution in [3.05, 3.63) is 48.4 Å². The lowest BCUT2D eigenvalue weighted by Gasteiger charge is -2.30. The van der Waals surface area contributed by atoms with E-state index in [1.807, 2.05) is 0 Å². The maximum Gasteiger partial charge on any atom is 0.289 e. The Hall–Kier alpha value is -3.14. The van der Waals surface area contributed by atoms with Crippen LogP contribution in [0.4, 0.5) is 5.69 Å². The average Bonchev–Trinajstić information content (AvgIpc) is 3.48. The molecule has 0 saturated carbocycles. The highest BCUT2D eigenvalue weighted by atomic mass is 32.2. The normalized spacial score (nSPS) is 17.3. The summed E-state index contributed by atoms with van der Waals surface area (Å²) in [4.78, 5) is 30.9. The summed E-state index contributed by atoms with van der Waals surface area (Å²) in [6.45, 7) is 1.54.